The molecule has 3 heterocycles. The van der Waals surface area contributed by atoms with Crippen LogP contribution in [0.5, 0.6) is 0 Å². The number of rotatable bonds is 4. The van der Waals surface area contributed by atoms with E-state index in [1.165, 1.54) is 20.5 Å². The highest BCUT2D eigenvalue weighted by molar-refractivity contribution is 7.19. The molecule has 2 aromatic heterocycles. The van der Waals surface area contributed by atoms with Crippen LogP contribution in [-0.4, -0.2) is 51.7 Å². The van der Waals surface area contributed by atoms with E-state index in [1.54, 1.807) is 16.0 Å². The Balaban J connectivity index is 1.40. The van der Waals surface area contributed by atoms with Crippen molar-refractivity contribution in [3.8, 4) is 0 Å². The first kappa shape index (κ1) is 20.4. The van der Waals surface area contributed by atoms with Crippen molar-refractivity contribution in [3.63, 3.8) is 0 Å². The Hall–Kier alpha value is -1.89. The van der Waals surface area contributed by atoms with Crippen molar-refractivity contribution in [2.75, 3.05) is 26.2 Å². The molecule has 0 unspecified atom stereocenters. The zero-order valence-corrected chi connectivity index (χ0v) is 18.8. The van der Waals surface area contributed by atoms with Gasteiger partial charge in [0.2, 0.25) is 5.91 Å². The topological polar surface area (TPSA) is 41.4 Å². The number of thiophene rings is 1. The molecule has 3 aromatic rings. The summed E-state index contributed by atoms with van der Waals surface area (Å²) in [6, 6.07) is 8.40. The second kappa shape index (κ2) is 8.46. The Kier molecular flexibility index (Phi) is 5.95. The Labute approximate surface area is 180 Å². The molecular weight excluding hydrogens is 404 g/mol. The molecule has 0 radical (unpaired) electrons. The third-order valence-electron chi connectivity index (χ3n) is 5.85. The molecule has 0 aliphatic carbocycles. The largest absolute Gasteiger partial charge is 0.341 e. The van der Waals surface area contributed by atoms with Crippen LogP contribution in [0.25, 0.3) is 10.1 Å². The number of aryl methyl sites for hydroxylation is 3. The number of carbonyl (C=O) groups excluding carboxylic acids is 1. The third-order valence-corrected chi connectivity index (χ3v) is 7.59. The summed E-state index contributed by atoms with van der Waals surface area (Å²) in [5.74, 6) is 0.233. The molecule has 1 saturated heterocycles. The number of carbonyl (C=O) groups is 1. The van der Waals surface area contributed by atoms with Crippen LogP contribution in [0.15, 0.2) is 24.3 Å². The number of benzene rings is 1. The zero-order chi connectivity index (χ0) is 20.5. The number of halogens is 1. The minimum absolute atomic E-state index is 0.233. The average Bonchev–Trinajstić information content (AvgIpc) is 3.01. The Bertz CT molecular complexity index is 1040. The molecular formula is C22H27ClN4OS. The molecule has 1 aliphatic heterocycles. The summed E-state index contributed by atoms with van der Waals surface area (Å²) in [6.07, 6.45) is 1.48. The van der Waals surface area contributed by atoms with Crippen molar-refractivity contribution in [2.45, 2.75) is 33.2 Å². The van der Waals surface area contributed by atoms with Gasteiger partial charge in [-0.05, 0) is 37.3 Å². The number of nitrogens with zero attached hydrogens (tertiary/aromatic N) is 4. The molecule has 0 bridgehead atoms. The summed E-state index contributed by atoms with van der Waals surface area (Å²) in [6.45, 7) is 8.33. The monoisotopic (exact) mass is 430 g/mol. The molecule has 1 aromatic carbocycles. The van der Waals surface area contributed by atoms with Gasteiger partial charge in [0.25, 0.3) is 0 Å². The first-order chi connectivity index (χ1) is 13.9. The number of fused-ring (bicyclic) bond motifs is 1. The lowest BCUT2D eigenvalue weighted by Gasteiger charge is -2.22. The molecule has 29 heavy (non-hydrogen) atoms. The van der Waals surface area contributed by atoms with Crippen molar-refractivity contribution in [1.82, 2.24) is 19.6 Å². The molecule has 4 rings (SSSR count). The number of hydrogen-bond donors (Lipinski definition) is 0. The summed E-state index contributed by atoms with van der Waals surface area (Å²) in [5.41, 5.74) is 3.32. The van der Waals surface area contributed by atoms with E-state index < -0.39 is 0 Å². The fourth-order valence-corrected chi connectivity index (χ4v) is 5.53. The molecule has 7 heteroatoms. The molecule has 154 valence electrons. The van der Waals surface area contributed by atoms with E-state index >= 15 is 0 Å². The maximum absolute atomic E-state index is 13.0. The third kappa shape index (κ3) is 4.20. The molecule has 0 spiro atoms. The van der Waals surface area contributed by atoms with E-state index in [0.29, 0.717) is 11.6 Å². The standard InChI is InChI=1S/C22H27ClN4OS/c1-15-17-7-4-5-8-19(17)29-20(15)13-21(28)27-10-6-9-26(11-12-27)14-18-16(2)24-25(3)22(18)23/h4-5,7-8H,6,9-14H2,1-3H3. The van der Waals surface area contributed by atoms with E-state index in [0.717, 1.165) is 50.4 Å². The molecule has 1 fully saturated rings. The van der Waals surface area contributed by atoms with Crippen LogP contribution in [0.3, 0.4) is 0 Å². The predicted molar refractivity (Wildman–Crippen MR) is 120 cm³/mol. The van der Waals surface area contributed by atoms with E-state index in [2.05, 4.69) is 41.2 Å². The Morgan fingerprint density at radius 3 is 2.69 bits per heavy atom. The van der Waals surface area contributed by atoms with E-state index in [1.807, 2.05) is 18.9 Å². The molecule has 1 amide bonds. The minimum Gasteiger partial charge on any atom is -0.341 e. The van der Waals surface area contributed by atoms with Crippen LogP contribution in [0.1, 0.15) is 28.1 Å². The van der Waals surface area contributed by atoms with Crippen LogP contribution in [0, 0.1) is 13.8 Å². The van der Waals surface area contributed by atoms with Gasteiger partial charge in [-0.15, -0.1) is 11.3 Å². The maximum Gasteiger partial charge on any atom is 0.227 e. The number of aromatic nitrogens is 2. The van der Waals surface area contributed by atoms with Gasteiger partial charge in [-0.3, -0.25) is 14.4 Å². The Morgan fingerprint density at radius 1 is 1.17 bits per heavy atom. The highest BCUT2D eigenvalue weighted by Crippen LogP contribution is 2.31. The first-order valence-electron chi connectivity index (χ1n) is 10.1. The van der Waals surface area contributed by atoms with Crippen molar-refractivity contribution in [2.24, 2.45) is 7.05 Å². The van der Waals surface area contributed by atoms with Gasteiger partial charge < -0.3 is 4.90 Å². The van der Waals surface area contributed by atoms with Crippen LogP contribution in [0.2, 0.25) is 5.15 Å². The van der Waals surface area contributed by atoms with Crippen molar-refractivity contribution < 1.29 is 4.79 Å². The molecule has 0 N–H and O–H groups in total. The van der Waals surface area contributed by atoms with Gasteiger partial charge in [0.15, 0.2) is 0 Å². The minimum atomic E-state index is 0.233. The first-order valence-corrected chi connectivity index (χ1v) is 11.3. The smallest absolute Gasteiger partial charge is 0.227 e. The normalized spacial score (nSPS) is 15.8. The maximum atomic E-state index is 13.0. The van der Waals surface area contributed by atoms with E-state index in [4.69, 9.17) is 11.6 Å². The van der Waals surface area contributed by atoms with Crippen LogP contribution in [0.4, 0.5) is 0 Å². The zero-order valence-electron chi connectivity index (χ0n) is 17.2. The average molecular weight is 431 g/mol. The summed E-state index contributed by atoms with van der Waals surface area (Å²) < 4.78 is 2.99. The van der Waals surface area contributed by atoms with Gasteiger partial charge >= 0.3 is 0 Å². The van der Waals surface area contributed by atoms with E-state index in [-0.39, 0.29) is 5.91 Å². The second-order valence-electron chi connectivity index (χ2n) is 7.81. The molecule has 0 saturated carbocycles. The molecule has 5 nitrogen and oxygen atoms in total. The van der Waals surface area contributed by atoms with Crippen molar-refractivity contribution >= 4 is 38.9 Å². The molecule has 0 atom stereocenters. The van der Waals surface area contributed by atoms with Gasteiger partial charge in [-0.25, -0.2) is 0 Å². The van der Waals surface area contributed by atoms with Gasteiger partial charge in [0.1, 0.15) is 5.15 Å². The summed E-state index contributed by atoms with van der Waals surface area (Å²) in [7, 11) is 1.87. The van der Waals surface area contributed by atoms with Crippen LogP contribution in [-0.2, 0) is 24.8 Å². The van der Waals surface area contributed by atoms with Gasteiger partial charge in [0, 0.05) is 54.9 Å². The van der Waals surface area contributed by atoms with Crippen molar-refractivity contribution in [3.05, 3.63) is 51.1 Å². The van der Waals surface area contributed by atoms with Crippen molar-refractivity contribution in [1.29, 1.82) is 0 Å². The lowest BCUT2D eigenvalue weighted by molar-refractivity contribution is -0.130. The summed E-state index contributed by atoms with van der Waals surface area (Å²) in [4.78, 5) is 18.6. The summed E-state index contributed by atoms with van der Waals surface area (Å²) >= 11 is 8.15. The van der Waals surface area contributed by atoms with E-state index in [9.17, 15) is 4.79 Å². The highest BCUT2D eigenvalue weighted by Gasteiger charge is 2.22. The second-order valence-corrected chi connectivity index (χ2v) is 9.31. The lowest BCUT2D eigenvalue weighted by atomic mass is 10.1. The van der Waals surface area contributed by atoms with Gasteiger partial charge in [-0.1, -0.05) is 29.8 Å². The van der Waals surface area contributed by atoms with Crippen LogP contribution >= 0.6 is 22.9 Å². The SMILES string of the molecule is Cc1nn(C)c(Cl)c1CN1CCCN(C(=O)Cc2sc3ccccc3c2C)CC1. The number of hydrogen-bond acceptors (Lipinski definition) is 4. The Morgan fingerprint density at radius 2 is 1.97 bits per heavy atom. The number of amides is 1. The quantitative estimate of drug-likeness (QED) is 0.623. The highest BCUT2D eigenvalue weighted by atomic mass is 35.5. The predicted octanol–water partition coefficient (Wildman–Crippen LogP) is 4.18. The fourth-order valence-electron chi connectivity index (χ4n) is 4.10. The lowest BCUT2D eigenvalue weighted by Crippen LogP contribution is -2.36. The summed E-state index contributed by atoms with van der Waals surface area (Å²) in [5, 5.41) is 6.39. The van der Waals surface area contributed by atoms with Crippen LogP contribution < -0.4 is 0 Å². The van der Waals surface area contributed by atoms with Gasteiger partial charge in [-0.2, -0.15) is 5.10 Å². The van der Waals surface area contributed by atoms with Gasteiger partial charge in [0.05, 0.1) is 12.1 Å². The molecule has 1 aliphatic rings. The fraction of sp³-hybridized carbons (Fsp3) is 0.455.